The van der Waals surface area contributed by atoms with E-state index in [1.54, 1.807) is 0 Å². The molecule has 0 saturated carbocycles. The summed E-state index contributed by atoms with van der Waals surface area (Å²) in [7, 11) is 0. The van der Waals surface area contributed by atoms with Crippen molar-refractivity contribution < 1.29 is 28.6 Å². The monoisotopic (exact) mass is 680 g/mol. The fourth-order valence-corrected chi connectivity index (χ4v) is 6.22. The van der Waals surface area contributed by atoms with Crippen LogP contribution in [-0.2, 0) is 28.6 Å². The Bertz CT molecular complexity index is 707. The normalized spacial score (nSPS) is 11.9. The molecule has 0 bridgehead atoms. The van der Waals surface area contributed by atoms with Crippen LogP contribution in [0.3, 0.4) is 0 Å². The van der Waals surface area contributed by atoms with E-state index in [0.717, 1.165) is 57.8 Å². The summed E-state index contributed by atoms with van der Waals surface area (Å²) >= 11 is 0. The molecule has 0 aliphatic rings. The second-order valence-corrected chi connectivity index (χ2v) is 14.1. The van der Waals surface area contributed by atoms with Gasteiger partial charge in [-0.15, -0.1) is 0 Å². The lowest BCUT2D eigenvalue weighted by Crippen LogP contribution is -2.23. The lowest BCUT2D eigenvalue weighted by molar-refractivity contribution is -0.156. The van der Waals surface area contributed by atoms with Crippen molar-refractivity contribution in [3.8, 4) is 0 Å². The molecule has 0 heterocycles. The average Bonchev–Trinajstić information content (AvgIpc) is 3.06. The highest BCUT2D eigenvalue weighted by molar-refractivity contribution is 5.72. The fraction of sp³-hybridized carbons (Fsp3) is 0.905. The molecule has 0 saturated heterocycles. The summed E-state index contributed by atoms with van der Waals surface area (Å²) < 4.78 is 17.0. The molecule has 1 atom stereocenters. The minimum atomic E-state index is -0.471. The quantitative estimate of drug-likeness (QED) is 0.0369. The summed E-state index contributed by atoms with van der Waals surface area (Å²) in [5.74, 6) is -0.641. The minimum Gasteiger partial charge on any atom is -0.466 e. The van der Waals surface area contributed by atoms with E-state index in [2.05, 4.69) is 27.7 Å². The molecule has 0 aliphatic heterocycles. The molecule has 0 aromatic rings. The van der Waals surface area contributed by atoms with Crippen molar-refractivity contribution in [3.05, 3.63) is 6.92 Å². The molecule has 0 aromatic heterocycles. The van der Waals surface area contributed by atoms with E-state index < -0.39 is 6.10 Å². The van der Waals surface area contributed by atoms with Crippen LogP contribution in [0.25, 0.3) is 0 Å². The Kier molecular flexibility index (Phi) is 35.5. The molecule has 0 spiro atoms. The second kappa shape index (κ2) is 36.7. The molecule has 0 fully saturated rings. The molecule has 1 unspecified atom stereocenters. The van der Waals surface area contributed by atoms with Crippen LogP contribution in [0, 0.1) is 6.92 Å². The third kappa shape index (κ3) is 32.9. The molecular formula is C42H79O6. The number of hydrogen-bond donors (Lipinski definition) is 0. The van der Waals surface area contributed by atoms with Crippen LogP contribution in [0.2, 0.25) is 0 Å². The van der Waals surface area contributed by atoms with Gasteiger partial charge in [-0.3, -0.25) is 14.4 Å². The van der Waals surface area contributed by atoms with Gasteiger partial charge in [0.1, 0.15) is 12.2 Å². The molecule has 6 nitrogen and oxygen atoms in total. The molecule has 0 amide bonds. The SMILES string of the molecule is [CH2]CCC(CC(=O)OCCCCCCCCCCC)OC(=O)CCCCCCC(=O)OC(CCCCCCCC)CCCCCCCC. The van der Waals surface area contributed by atoms with E-state index in [-0.39, 0.29) is 30.4 Å². The second-order valence-electron chi connectivity index (χ2n) is 14.1. The first-order valence-corrected chi connectivity index (χ1v) is 20.8. The van der Waals surface area contributed by atoms with Crippen LogP contribution in [-0.4, -0.2) is 36.7 Å². The molecule has 6 heteroatoms. The predicted molar refractivity (Wildman–Crippen MR) is 201 cm³/mol. The van der Waals surface area contributed by atoms with Crippen LogP contribution in [0.4, 0.5) is 0 Å². The largest absolute Gasteiger partial charge is 0.466 e. The van der Waals surface area contributed by atoms with Crippen LogP contribution in [0.5, 0.6) is 0 Å². The van der Waals surface area contributed by atoms with E-state index in [1.165, 1.54) is 109 Å². The van der Waals surface area contributed by atoms with Gasteiger partial charge < -0.3 is 14.2 Å². The number of carbonyl (C=O) groups excluding carboxylic acids is 3. The Morgan fingerprint density at radius 3 is 1.25 bits per heavy atom. The van der Waals surface area contributed by atoms with Crippen molar-refractivity contribution in [1.82, 2.24) is 0 Å². The van der Waals surface area contributed by atoms with E-state index in [0.29, 0.717) is 38.7 Å². The number of ether oxygens (including phenoxy) is 3. The van der Waals surface area contributed by atoms with Gasteiger partial charge in [0.15, 0.2) is 0 Å². The summed E-state index contributed by atoms with van der Waals surface area (Å²) in [6.45, 7) is 11.0. The zero-order valence-corrected chi connectivity index (χ0v) is 32.1. The number of unbranched alkanes of at least 4 members (excludes halogenated alkanes) is 21. The highest BCUT2D eigenvalue weighted by atomic mass is 16.6. The first kappa shape index (κ1) is 46.4. The Labute approximate surface area is 298 Å². The van der Waals surface area contributed by atoms with E-state index in [9.17, 15) is 14.4 Å². The highest BCUT2D eigenvalue weighted by Gasteiger charge is 2.19. The predicted octanol–water partition coefficient (Wildman–Crippen LogP) is 12.7. The topological polar surface area (TPSA) is 78.9 Å². The van der Waals surface area contributed by atoms with Gasteiger partial charge in [-0.1, -0.05) is 156 Å². The van der Waals surface area contributed by atoms with Gasteiger partial charge in [0.25, 0.3) is 0 Å². The number of rotatable bonds is 37. The van der Waals surface area contributed by atoms with E-state index in [1.807, 2.05) is 0 Å². The summed E-state index contributed by atoms with van der Waals surface area (Å²) in [5, 5.41) is 0. The maximum Gasteiger partial charge on any atom is 0.309 e. The van der Waals surface area contributed by atoms with Gasteiger partial charge in [-0.05, 0) is 57.8 Å². The molecular weight excluding hydrogens is 600 g/mol. The summed E-state index contributed by atoms with van der Waals surface area (Å²) in [6.07, 6.45) is 32.9. The fourth-order valence-electron chi connectivity index (χ4n) is 6.22. The average molecular weight is 680 g/mol. The Morgan fingerprint density at radius 2 is 0.812 bits per heavy atom. The van der Waals surface area contributed by atoms with Crippen molar-refractivity contribution in [1.29, 1.82) is 0 Å². The number of hydrogen-bond acceptors (Lipinski definition) is 6. The van der Waals surface area contributed by atoms with Gasteiger partial charge in [-0.2, -0.15) is 0 Å². The van der Waals surface area contributed by atoms with Crippen LogP contribution >= 0.6 is 0 Å². The number of carbonyl (C=O) groups is 3. The summed E-state index contributed by atoms with van der Waals surface area (Å²) in [5.41, 5.74) is 0. The molecule has 0 N–H and O–H groups in total. The molecule has 0 rings (SSSR count). The molecule has 0 aliphatic carbocycles. The van der Waals surface area contributed by atoms with Gasteiger partial charge in [-0.25, -0.2) is 0 Å². The summed E-state index contributed by atoms with van der Waals surface area (Å²) in [4.78, 5) is 37.4. The van der Waals surface area contributed by atoms with Crippen molar-refractivity contribution in [2.45, 2.75) is 238 Å². The molecule has 0 aromatic carbocycles. The van der Waals surface area contributed by atoms with Gasteiger partial charge in [0.2, 0.25) is 0 Å². The lowest BCUT2D eigenvalue weighted by Gasteiger charge is -2.18. The van der Waals surface area contributed by atoms with Crippen LogP contribution in [0.1, 0.15) is 226 Å². The zero-order valence-electron chi connectivity index (χ0n) is 32.1. The smallest absolute Gasteiger partial charge is 0.309 e. The third-order valence-corrected chi connectivity index (χ3v) is 9.30. The molecule has 283 valence electrons. The Hall–Kier alpha value is -1.59. The Morgan fingerprint density at radius 1 is 0.438 bits per heavy atom. The van der Waals surface area contributed by atoms with Crippen LogP contribution in [0.15, 0.2) is 0 Å². The lowest BCUT2D eigenvalue weighted by atomic mass is 10.0. The molecule has 1 radical (unpaired) electrons. The van der Waals surface area contributed by atoms with Gasteiger partial charge in [0.05, 0.1) is 13.0 Å². The first-order chi connectivity index (χ1) is 23.5. The van der Waals surface area contributed by atoms with Gasteiger partial charge in [0, 0.05) is 12.8 Å². The van der Waals surface area contributed by atoms with E-state index >= 15 is 0 Å². The molecule has 48 heavy (non-hydrogen) atoms. The standard InChI is InChI=1S/C42H79O6/c1-5-9-12-15-18-19-20-25-30-36-46-42(45)37-39(31-8-4)48-41(44)35-29-24-23-28-34-40(43)47-38(32-26-21-16-13-10-6-2)33-27-22-17-14-11-7-3/h38-39H,4-37H2,1-3H3. The first-order valence-electron chi connectivity index (χ1n) is 20.8. The van der Waals surface area contributed by atoms with Crippen molar-refractivity contribution in [2.75, 3.05) is 6.61 Å². The zero-order chi connectivity index (χ0) is 35.3. The minimum absolute atomic E-state index is 0.0584. The van der Waals surface area contributed by atoms with Gasteiger partial charge >= 0.3 is 17.9 Å². The van der Waals surface area contributed by atoms with E-state index in [4.69, 9.17) is 14.2 Å². The van der Waals surface area contributed by atoms with Crippen molar-refractivity contribution >= 4 is 17.9 Å². The maximum atomic E-state index is 12.6. The third-order valence-electron chi connectivity index (χ3n) is 9.30. The Balaban J connectivity index is 4.15. The highest BCUT2D eigenvalue weighted by Crippen LogP contribution is 2.19. The van der Waals surface area contributed by atoms with Crippen LogP contribution < -0.4 is 0 Å². The number of esters is 3. The maximum absolute atomic E-state index is 12.6. The van der Waals surface area contributed by atoms with Crippen molar-refractivity contribution in [2.24, 2.45) is 0 Å². The summed E-state index contributed by atoms with van der Waals surface area (Å²) in [6, 6.07) is 0. The van der Waals surface area contributed by atoms with Crippen molar-refractivity contribution in [3.63, 3.8) is 0 Å².